The lowest BCUT2D eigenvalue weighted by molar-refractivity contribution is 0.0950. The van der Waals surface area contributed by atoms with Gasteiger partial charge in [-0.05, 0) is 12.5 Å². The molecule has 1 aromatic heterocycles. The van der Waals surface area contributed by atoms with Crippen molar-refractivity contribution >= 4 is 52.1 Å². The molecule has 0 aliphatic carbocycles. The van der Waals surface area contributed by atoms with E-state index in [9.17, 15) is 4.79 Å². The van der Waals surface area contributed by atoms with Crippen LogP contribution in [-0.2, 0) is 0 Å². The number of nitrogens with one attached hydrogen (secondary N) is 1. The Morgan fingerprint density at radius 1 is 1.18 bits per heavy atom. The van der Waals surface area contributed by atoms with Crippen LogP contribution in [0.1, 0.15) is 23.0 Å². The minimum atomic E-state index is -0.634. The molecule has 0 aliphatic rings. The summed E-state index contributed by atoms with van der Waals surface area (Å²) in [4.78, 5) is 15.9. The molecule has 0 unspecified atom stereocenters. The lowest BCUT2D eigenvalue weighted by Gasteiger charge is -2.08. The fourth-order valence-corrected chi connectivity index (χ4v) is 2.21. The highest BCUT2D eigenvalue weighted by atomic mass is 35.5. The molecule has 5 nitrogen and oxygen atoms in total. The van der Waals surface area contributed by atoms with E-state index < -0.39 is 5.91 Å². The molecule has 0 saturated carbocycles. The predicted octanol–water partition coefficient (Wildman–Crippen LogP) is 3.78. The molecular formula is C14H11Cl3N4O. The zero-order valence-corrected chi connectivity index (χ0v) is 13.7. The predicted molar refractivity (Wildman–Crippen MR) is 89.8 cm³/mol. The summed E-state index contributed by atoms with van der Waals surface area (Å²) in [6.45, 7) is 1.76. The number of nitrogen functional groups attached to an aromatic ring is 1. The second-order valence-corrected chi connectivity index (χ2v) is 5.41. The topological polar surface area (TPSA) is 80.4 Å². The molecule has 2 aromatic rings. The van der Waals surface area contributed by atoms with Gasteiger partial charge in [0.1, 0.15) is 5.02 Å². The largest absolute Gasteiger partial charge is 0.396 e. The van der Waals surface area contributed by atoms with Gasteiger partial charge in [-0.25, -0.2) is 10.4 Å². The van der Waals surface area contributed by atoms with E-state index in [1.54, 1.807) is 6.92 Å². The first-order valence-electron chi connectivity index (χ1n) is 6.11. The SMILES string of the molecule is CC(=NNC(=O)c1nc(Cl)c(Cl)c(N)c1Cl)c1ccccc1. The highest BCUT2D eigenvalue weighted by molar-refractivity contribution is 6.46. The van der Waals surface area contributed by atoms with Gasteiger partial charge in [0, 0.05) is 0 Å². The number of aromatic nitrogens is 1. The van der Waals surface area contributed by atoms with E-state index in [0.29, 0.717) is 5.71 Å². The number of hydrogen-bond donors (Lipinski definition) is 2. The Hall–Kier alpha value is -1.82. The molecule has 0 radical (unpaired) electrons. The molecular weight excluding hydrogens is 347 g/mol. The molecule has 0 bridgehead atoms. The third-order valence-electron chi connectivity index (χ3n) is 2.80. The van der Waals surface area contributed by atoms with Gasteiger partial charge in [-0.2, -0.15) is 5.10 Å². The van der Waals surface area contributed by atoms with E-state index in [-0.39, 0.29) is 26.6 Å². The van der Waals surface area contributed by atoms with Crippen molar-refractivity contribution in [1.29, 1.82) is 0 Å². The van der Waals surface area contributed by atoms with Crippen molar-refractivity contribution in [3.05, 3.63) is 56.8 Å². The molecule has 114 valence electrons. The maximum absolute atomic E-state index is 12.1. The number of nitrogens with two attached hydrogens (primary N) is 1. The van der Waals surface area contributed by atoms with Crippen LogP contribution in [0.25, 0.3) is 0 Å². The molecule has 0 spiro atoms. The average Bonchev–Trinajstić information content (AvgIpc) is 2.54. The summed E-state index contributed by atoms with van der Waals surface area (Å²) in [5.41, 5.74) is 9.37. The molecule has 8 heteroatoms. The summed E-state index contributed by atoms with van der Waals surface area (Å²) in [6.07, 6.45) is 0. The first-order chi connectivity index (χ1) is 10.4. The average molecular weight is 358 g/mol. The number of carbonyl (C=O) groups is 1. The number of benzene rings is 1. The van der Waals surface area contributed by atoms with Gasteiger partial charge >= 0.3 is 0 Å². The molecule has 0 atom stereocenters. The number of carbonyl (C=O) groups excluding carboxylic acids is 1. The number of pyridine rings is 1. The van der Waals surface area contributed by atoms with Crippen molar-refractivity contribution < 1.29 is 4.79 Å². The van der Waals surface area contributed by atoms with Crippen LogP contribution in [0.5, 0.6) is 0 Å². The van der Waals surface area contributed by atoms with Crippen LogP contribution in [0.4, 0.5) is 5.69 Å². The Morgan fingerprint density at radius 3 is 2.45 bits per heavy atom. The van der Waals surface area contributed by atoms with Crippen LogP contribution in [0.2, 0.25) is 15.2 Å². The van der Waals surface area contributed by atoms with Crippen LogP contribution in [-0.4, -0.2) is 16.6 Å². The lowest BCUT2D eigenvalue weighted by Crippen LogP contribution is -2.21. The minimum absolute atomic E-state index is 0.00255. The number of anilines is 1. The van der Waals surface area contributed by atoms with Gasteiger partial charge in [0.15, 0.2) is 10.8 Å². The summed E-state index contributed by atoms with van der Waals surface area (Å²) in [6, 6.07) is 9.36. The monoisotopic (exact) mass is 356 g/mol. The quantitative estimate of drug-likeness (QED) is 0.498. The van der Waals surface area contributed by atoms with Crippen molar-refractivity contribution in [2.75, 3.05) is 5.73 Å². The Morgan fingerprint density at radius 2 is 1.82 bits per heavy atom. The smallest absolute Gasteiger partial charge is 0.291 e. The molecule has 2 rings (SSSR count). The van der Waals surface area contributed by atoms with Gasteiger partial charge in [0.2, 0.25) is 0 Å². The van der Waals surface area contributed by atoms with Crippen molar-refractivity contribution in [2.24, 2.45) is 5.10 Å². The summed E-state index contributed by atoms with van der Waals surface area (Å²) in [5, 5.41) is 3.83. The number of halogens is 3. The summed E-state index contributed by atoms with van der Waals surface area (Å²) in [7, 11) is 0. The maximum Gasteiger partial charge on any atom is 0.291 e. The van der Waals surface area contributed by atoms with E-state index in [1.165, 1.54) is 0 Å². The highest BCUT2D eigenvalue weighted by Gasteiger charge is 2.19. The molecule has 0 aliphatic heterocycles. The number of rotatable bonds is 3. The van der Waals surface area contributed by atoms with E-state index >= 15 is 0 Å². The maximum atomic E-state index is 12.1. The third kappa shape index (κ3) is 3.50. The van der Waals surface area contributed by atoms with E-state index in [1.807, 2.05) is 30.3 Å². The molecule has 1 amide bonds. The van der Waals surface area contributed by atoms with Gasteiger partial charge in [-0.1, -0.05) is 65.1 Å². The highest BCUT2D eigenvalue weighted by Crippen LogP contribution is 2.34. The second-order valence-electron chi connectivity index (χ2n) is 4.30. The van der Waals surface area contributed by atoms with Crippen molar-refractivity contribution in [1.82, 2.24) is 10.4 Å². The molecule has 0 fully saturated rings. The van der Waals surface area contributed by atoms with Gasteiger partial charge in [0.25, 0.3) is 5.91 Å². The van der Waals surface area contributed by atoms with Crippen LogP contribution >= 0.6 is 34.8 Å². The van der Waals surface area contributed by atoms with Gasteiger partial charge in [0.05, 0.1) is 16.4 Å². The first-order valence-corrected chi connectivity index (χ1v) is 7.25. The van der Waals surface area contributed by atoms with Crippen LogP contribution in [0.3, 0.4) is 0 Å². The molecule has 22 heavy (non-hydrogen) atoms. The third-order valence-corrected chi connectivity index (χ3v) is 3.94. The summed E-state index contributed by atoms with van der Waals surface area (Å²) >= 11 is 17.6. The zero-order chi connectivity index (χ0) is 16.3. The minimum Gasteiger partial charge on any atom is -0.396 e. The zero-order valence-electron chi connectivity index (χ0n) is 11.4. The van der Waals surface area contributed by atoms with Crippen molar-refractivity contribution in [3.8, 4) is 0 Å². The molecule has 0 saturated heterocycles. The Balaban J connectivity index is 2.24. The van der Waals surface area contributed by atoms with E-state index in [0.717, 1.165) is 5.56 Å². The Labute approximate surface area is 142 Å². The number of nitrogens with zero attached hydrogens (tertiary/aromatic N) is 2. The molecule has 3 N–H and O–H groups in total. The van der Waals surface area contributed by atoms with Crippen molar-refractivity contribution in [2.45, 2.75) is 6.92 Å². The number of hydrogen-bond acceptors (Lipinski definition) is 4. The van der Waals surface area contributed by atoms with Gasteiger partial charge in [-0.3, -0.25) is 4.79 Å². The van der Waals surface area contributed by atoms with Crippen molar-refractivity contribution in [3.63, 3.8) is 0 Å². The summed E-state index contributed by atoms with van der Waals surface area (Å²) in [5.74, 6) is -0.634. The fraction of sp³-hybridized carbons (Fsp3) is 0.0714. The fourth-order valence-electron chi connectivity index (χ4n) is 1.61. The lowest BCUT2D eigenvalue weighted by atomic mass is 10.1. The number of hydrazone groups is 1. The molecule has 1 aromatic carbocycles. The standard InChI is InChI=1S/C14H11Cl3N4O/c1-7(8-5-3-2-4-6-8)20-21-14(22)12-9(15)11(18)10(16)13(17)19-12/h2-6H,1H3,(H2,18,19)(H,21,22). The first kappa shape index (κ1) is 16.5. The Kier molecular flexibility index (Phi) is 5.24. The second kappa shape index (κ2) is 6.96. The van der Waals surface area contributed by atoms with Gasteiger partial charge < -0.3 is 5.73 Å². The number of amides is 1. The van der Waals surface area contributed by atoms with E-state index in [2.05, 4.69) is 15.5 Å². The van der Waals surface area contributed by atoms with Crippen LogP contribution in [0.15, 0.2) is 35.4 Å². The Bertz CT molecular complexity index is 747. The van der Waals surface area contributed by atoms with Crippen LogP contribution < -0.4 is 11.2 Å². The molecule has 1 heterocycles. The summed E-state index contributed by atoms with van der Waals surface area (Å²) < 4.78 is 0. The normalized spacial score (nSPS) is 11.4. The van der Waals surface area contributed by atoms with Crippen LogP contribution in [0, 0.1) is 0 Å². The van der Waals surface area contributed by atoms with E-state index in [4.69, 9.17) is 40.5 Å². The van der Waals surface area contributed by atoms with Gasteiger partial charge in [-0.15, -0.1) is 0 Å².